The summed E-state index contributed by atoms with van der Waals surface area (Å²) in [6.45, 7) is 16.3. The number of halogens is 3. The van der Waals surface area contributed by atoms with Crippen molar-refractivity contribution in [2.45, 2.75) is 80.1 Å². The van der Waals surface area contributed by atoms with Gasteiger partial charge in [-0.1, -0.05) is 158 Å². The van der Waals surface area contributed by atoms with Crippen LogP contribution in [0.3, 0.4) is 0 Å². The molecule has 0 spiro atoms. The molecule has 0 radical (unpaired) electrons. The van der Waals surface area contributed by atoms with Gasteiger partial charge < -0.3 is 22.1 Å². The molecule has 0 atom stereocenters. The number of aromatic nitrogens is 12. The monoisotopic (exact) mass is 2150 g/mol. The average Bonchev–Trinajstić information content (AvgIpc) is 1.62. The van der Waals surface area contributed by atoms with Crippen molar-refractivity contribution in [2.24, 2.45) is 0 Å². The number of fused-ring (bicyclic) bond motifs is 15. The molecule has 11 aromatic heterocycles. The van der Waals surface area contributed by atoms with E-state index in [4.69, 9.17) is 71.8 Å². The van der Waals surface area contributed by atoms with Gasteiger partial charge in [-0.3, -0.25) is 19.6 Å². The molecule has 12 aromatic carbocycles. The molecule has 24 heteroatoms. The van der Waals surface area contributed by atoms with Crippen molar-refractivity contribution >= 4 is 144 Å². The van der Waals surface area contributed by atoms with E-state index >= 15 is 0 Å². The summed E-state index contributed by atoms with van der Waals surface area (Å²) in [7, 11) is 9.75. The van der Waals surface area contributed by atoms with Gasteiger partial charge in [0, 0.05) is 121 Å². The van der Waals surface area contributed by atoms with Gasteiger partial charge in [0.15, 0.2) is 0 Å². The first-order valence-corrected chi connectivity index (χ1v) is 45.7. The predicted molar refractivity (Wildman–Crippen MR) is 513 cm³/mol. The van der Waals surface area contributed by atoms with E-state index < -0.39 is 27.3 Å². The van der Waals surface area contributed by atoms with Crippen LogP contribution in [0, 0.1) is 41.4 Å². The van der Waals surface area contributed by atoms with Crippen molar-refractivity contribution in [3.05, 3.63) is 397 Å². The van der Waals surface area contributed by atoms with E-state index in [-0.39, 0.29) is 50.2 Å². The van der Waals surface area contributed by atoms with Crippen LogP contribution < -0.4 is 0 Å². The quantitative estimate of drug-likeness (QED) is 0.121. The third-order valence-electron chi connectivity index (χ3n) is 21.4. The average molecular weight is 2160 g/mol. The first kappa shape index (κ1) is 93.5. The predicted octanol–water partition coefficient (Wildman–Crippen LogP) is 28.5. The molecular formula is C104H90BrCl2N14O5Pt2-. The standard InChI is InChI=1S/C33H24N4O2.C33H22N4O2.C12H7BrO.C9H12N4.C7H5N.C6H5.CHN.3CH4.2ClH.2Pt.H2/c2*1-33(2,31-15-17-36(34-31)21-11-13-29-25(19-21)23-7-3-5-9-27(23)38-29)32-16-18-37(35-32)22-12-14-30-26(20-22)24-8-4-6-10-28(24)39-30;13-8-5-6-12-10(7-8)9-3-1-2-4-11(9)14-12;1-9(2,7-3-5-10-12-7)8-4-6-11-13-8;8-6-7-4-2-1-3-5-7;1-2-4-6-5-3-1;1-2;;;;;;;;/h3-20H,1-2H3;3-10,13-20H,1-2H3;1-7H;3-6H,1-2H3,(H,10,12)(H,11,13);1-5H;1-5H;1H;3*1H4;2*1H;;;1H/q;-2;;;;-1;;;;;;;2*+2;/p-2/i;;;;;;;;;;;;;;1+1. The molecule has 19 nitrogen and oxygen atoms in total. The van der Waals surface area contributed by atoms with Crippen LogP contribution in [-0.2, 0) is 53.8 Å². The largest absolute Gasteiger partial charge is 2.00 e. The topological polar surface area (TPSA) is 242 Å². The molecule has 0 aliphatic heterocycles. The summed E-state index contributed by atoms with van der Waals surface area (Å²) in [5.41, 5.74) is 18.2. The Morgan fingerprint density at radius 2 is 0.680 bits per heavy atom. The molecule has 0 amide bonds. The van der Waals surface area contributed by atoms with E-state index in [1.807, 2.05) is 262 Å². The van der Waals surface area contributed by atoms with Gasteiger partial charge in [0.1, 0.15) is 44.7 Å². The third-order valence-corrected chi connectivity index (χ3v) is 21.9. The number of furan rings is 5. The summed E-state index contributed by atoms with van der Waals surface area (Å²) < 4.78 is 38.2. The molecular weight excluding hydrogens is 2070 g/mol. The van der Waals surface area contributed by atoms with Crippen molar-refractivity contribution in [3.8, 4) is 35.4 Å². The summed E-state index contributed by atoms with van der Waals surface area (Å²) in [4.78, 5) is 0. The molecule has 0 bridgehead atoms. The van der Waals surface area contributed by atoms with Crippen molar-refractivity contribution < 1.29 is 61.1 Å². The van der Waals surface area contributed by atoms with Crippen LogP contribution >= 0.6 is 34.8 Å². The molecule has 0 aliphatic rings. The Hall–Kier alpha value is -13.7. The van der Waals surface area contributed by atoms with Gasteiger partial charge in [-0.2, -0.15) is 84.4 Å². The minimum absolute atomic E-state index is 0. The number of nitrogens with one attached hydrogen (secondary N) is 2. The van der Waals surface area contributed by atoms with Gasteiger partial charge in [-0.05, 0) is 186 Å². The zero-order chi connectivity index (χ0) is 85.9. The van der Waals surface area contributed by atoms with E-state index in [9.17, 15) is 0 Å². The maximum absolute atomic E-state index is 8.29. The van der Waals surface area contributed by atoms with Crippen molar-refractivity contribution in [1.29, 1.82) is 10.5 Å². The number of aromatic amines is 2. The smallest absolute Gasteiger partial charge is 0.184 e. The third kappa shape index (κ3) is 19.9. The maximum Gasteiger partial charge on any atom is 2.00 e. The first-order chi connectivity index (χ1) is 60.5. The van der Waals surface area contributed by atoms with Crippen LogP contribution in [0.1, 0.15) is 105 Å². The van der Waals surface area contributed by atoms with Crippen LogP contribution in [0.25, 0.3) is 132 Å². The van der Waals surface area contributed by atoms with Crippen LogP contribution in [0.2, 0.25) is 0 Å². The molecule has 0 fully saturated rings. The second kappa shape index (κ2) is 41.6. The summed E-state index contributed by atoms with van der Waals surface area (Å²) in [6.07, 6.45) is 11.5. The molecule has 0 unspecified atom stereocenters. The van der Waals surface area contributed by atoms with E-state index in [2.05, 4.69) is 175 Å². The maximum atomic E-state index is 8.29. The van der Waals surface area contributed by atoms with Crippen LogP contribution in [0.5, 0.6) is 0 Å². The Morgan fingerprint density at radius 3 is 1.01 bits per heavy atom. The minimum Gasteiger partial charge on any atom is -0.184 e. The van der Waals surface area contributed by atoms with Gasteiger partial charge in [0.25, 0.3) is 0 Å². The molecule has 0 saturated carbocycles. The Labute approximate surface area is 781 Å². The van der Waals surface area contributed by atoms with Crippen LogP contribution in [0.15, 0.2) is 361 Å². The molecule has 23 aromatic rings. The zero-order valence-electron chi connectivity index (χ0n) is 68.0. The van der Waals surface area contributed by atoms with Crippen molar-refractivity contribution in [1.82, 2.24) is 59.5 Å². The van der Waals surface area contributed by atoms with Crippen LogP contribution in [-0.4, -0.2) is 59.5 Å². The van der Waals surface area contributed by atoms with Gasteiger partial charge in [0.05, 0.1) is 56.6 Å². The van der Waals surface area contributed by atoms with Gasteiger partial charge >= 0.3 is 56.4 Å². The van der Waals surface area contributed by atoms with E-state index in [1.165, 1.54) is 5.39 Å². The zero-order valence-corrected chi connectivity index (χ0v) is 75.6. The summed E-state index contributed by atoms with van der Waals surface area (Å²) in [6, 6.07) is 109. The summed E-state index contributed by atoms with van der Waals surface area (Å²) in [5.74, 6) is 0. The van der Waals surface area contributed by atoms with Crippen LogP contribution in [0.4, 0.5) is 0 Å². The Morgan fingerprint density at radius 1 is 0.375 bits per heavy atom. The van der Waals surface area contributed by atoms with Gasteiger partial charge in [-0.15, -0.1) is 24.3 Å². The van der Waals surface area contributed by atoms with Crippen molar-refractivity contribution in [2.75, 3.05) is 0 Å². The molecule has 0 saturated heterocycles. The fourth-order valence-electron chi connectivity index (χ4n) is 14.6. The number of nitrogens with zero attached hydrogens (tertiary/aromatic N) is 12. The van der Waals surface area contributed by atoms with Gasteiger partial charge in [-0.25, -0.2) is 14.6 Å². The molecule has 128 heavy (non-hydrogen) atoms. The number of hydrogen-bond donors (Lipinski definition) is 2. The van der Waals surface area contributed by atoms with E-state index in [1.54, 1.807) is 24.5 Å². The van der Waals surface area contributed by atoms with E-state index in [0.717, 1.165) is 166 Å². The van der Waals surface area contributed by atoms with E-state index in [0.29, 0.717) is 5.56 Å². The normalized spacial score (nSPS) is 11.0. The minimum atomic E-state index is -0.472. The fourth-order valence-corrected chi connectivity index (χ4v) is 15.0. The van der Waals surface area contributed by atoms with Crippen molar-refractivity contribution in [3.63, 3.8) is 0 Å². The number of rotatable bonds is 10. The summed E-state index contributed by atoms with van der Waals surface area (Å²) >= 11 is 2.99. The number of H-pyrrole nitrogens is 2. The molecule has 23 rings (SSSR count). The number of para-hydroxylation sites is 5. The second-order valence-electron chi connectivity index (χ2n) is 30.2. The summed E-state index contributed by atoms with van der Waals surface area (Å²) in [5, 5.41) is 59.4. The SMILES string of the molecule is Brc1ccc2oc3ccccc3c2c1.C.C.C.C#N.CC(C)(c1ccn(-c2[c-]cc3oc4ccccc4c3c2)n1)c1ccn(-c2[c-]cc3oc4ccccc4c3c2)n1.CC(C)(c1ccn(-c2ccc3oc4ccccc4c3c2)n1)c1ccn(-c2ccc3oc4ccccc4c3c2)n1.CC(C)(c1ccn[nH]1)c1ccn[nH]1.N#Cc1ccccc1.[2HH].[Cl][Pt][Cl].[Pt+2].[c-]1ccccc1. The number of hydrogen-bond acceptors (Lipinski definition) is 13. The Kier molecular flexibility index (Phi) is 30.4. The number of benzene rings is 12. The molecule has 2 N–H and O–H groups in total. The first-order valence-electron chi connectivity index (χ1n) is 39.3. The fraction of sp³-hybridized carbons (Fsp3) is 0.115. The second-order valence-corrected chi connectivity index (χ2v) is 34.4. The molecule has 11 heterocycles. The number of nitriles is 2. The Balaban J connectivity index is 0.000000165. The Bertz CT molecular complexity index is 6970. The van der Waals surface area contributed by atoms with Gasteiger partial charge in [0.2, 0.25) is 0 Å². The molecule has 648 valence electrons. The molecule has 0 aliphatic carbocycles.